The van der Waals surface area contributed by atoms with Crippen LogP contribution in [0.15, 0.2) is 48.5 Å². The van der Waals surface area contributed by atoms with E-state index in [1.54, 1.807) is 48.5 Å². The fourth-order valence-electron chi connectivity index (χ4n) is 2.84. The molecule has 1 aliphatic rings. The molecule has 1 heterocycles. The maximum absolute atomic E-state index is 12.4. The lowest BCUT2D eigenvalue weighted by Crippen LogP contribution is -2.36. The zero-order valence-electron chi connectivity index (χ0n) is 15.1. The molecule has 2 unspecified atom stereocenters. The van der Waals surface area contributed by atoms with Gasteiger partial charge in [-0.15, -0.1) is 12.4 Å². The minimum absolute atomic E-state index is 0. The zero-order valence-corrected chi connectivity index (χ0v) is 16.6. The Labute approximate surface area is 174 Å². The molecule has 0 saturated carbocycles. The molecular formula is C20H22Cl2N2O4. The first kappa shape index (κ1) is 22.2. The lowest BCUT2D eigenvalue weighted by molar-refractivity contribution is -0.123. The number of amides is 1. The first-order chi connectivity index (χ1) is 13.0. The highest BCUT2D eigenvalue weighted by molar-refractivity contribution is 6.30. The number of rotatable bonds is 7. The van der Waals surface area contributed by atoms with Crippen molar-refractivity contribution in [2.75, 3.05) is 26.2 Å². The maximum Gasteiger partial charge on any atom is 0.257 e. The molecule has 1 saturated heterocycles. The zero-order chi connectivity index (χ0) is 19.2. The van der Waals surface area contributed by atoms with E-state index in [1.807, 2.05) is 0 Å². The number of halogens is 2. The van der Waals surface area contributed by atoms with Crippen molar-refractivity contribution in [2.45, 2.75) is 6.10 Å². The monoisotopic (exact) mass is 424 g/mol. The van der Waals surface area contributed by atoms with Crippen LogP contribution in [0.25, 0.3) is 0 Å². The van der Waals surface area contributed by atoms with Crippen LogP contribution in [0.4, 0.5) is 0 Å². The topological polar surface area (TPSA) is 87.7 Å². The molecule has 1 amide bonds. The predicted molar refractivity (Wildman–Crippen MR) is 109 cm³/mol. The van der Waals surface area contributed by atoms with Gasteiger partial charge in [-0.2, -0.15) is 0 Å². The molecule has 150 valence electrons. The normalized spacial score (nSPS) is 18.2. The SMILES string of the molecule is Cl.O=C(COc1ccc(C(=O)c2ccc(Cl)cc2)cc1)NCC1CNCC1O. The van der Waals surface area contributed by atoms with Gasteiger partial charge in [-0.05, 0) is 48.5 Å². The molecule has 28 heavy (non-hydrogen) atoms. The summed E-state index contributed by atoms with van der Waals surface area (Å²) in [6, 6.07) is 13.3. The van der Waals surface area contributed by atoms with Crippen LogP contribution in [0.2, 0.25) is 5.02 Å². The molecule has 1 aliphatic heterocycles. The van der Waals surface area contributed by atoms with Crippen LogP contribution in [0.1, 0.15) is 15.9 Å². The van der Waals surface area contributed by atoms with Gasteiger partial charge in [0.05, 0.1) is 6.10 Å². The lowest BCUT2D eigenvalue weighted by Gasteiger charge is -2.14. The van der Waals surface area contributed by atoms with Crippen molar-refractivity contribution < 1.29 is 19.4 Å². The van der Waals surface area contributed by atoms with Crippen LogP contribution >= 0.6 is 24.0 Å². The first-order valence-corrected chi connectivity index (χ1v) is 9.09. The highest BCUT2D eigenvalue weighted by Gasteiger charge is 2.24. The molecular weight excluding hydrogens is 403 g/mol. The van der Waals surface area contributed by atoms with Gasteiger partial charge in [-0.3, -0.25) is 9.59 Å². The molecule has 0 radical (unpaired) electrons. The second-order valence-electron chi connectivity index (χ2n) is 6.44. The highest BCUT2D eigenvalue weighted by atomic mass is 35.5. The van der Waals surface area contributed by atoms with Crippen LogP contribution in [-0.2, 0) is 4.79 Å². The quantitative estimate of drug-likeness (QED) is 0.592. The summed E-state index contributed by atoms with van der Waals surface area (Å²) in [6.07, 6.45) is -0.433. The Kier molecular flexibility index (Phi) is 8.26. The highest BCUT2D eigenvalue weighted by Crippen LogP contribution is 2.17. The lowest BCUT2D eigenvalue weighted by atomic mass is 10.0. The number of ketones is 1. The van der Waals surface area contributed by atoms with Gasteiger partial charge in [0.2, 0.25) is 0 Å². The Hall–Kier alpha value is -2.12. The fourth-order valence-corrected chi connectivity index (χ4v) is 2.97. The van der Waals surface area contributed by atoms with Crippen molar-refractivity contribution in [1.82, 2.24) is 10.6 Å². The Balaban J connectivity index is 0.00000280. The van der Waals surface area contributed by atoms with E-state index in [4.69, 9.17) is 16.3 Å². The number of carbonyl (C=O) groups is 2. The smallest absolute Gasteiger partial charge is 0.257 e. The second-order valence-corrected chi connectivity index (χ2v) is 6.88. The van der Waals surface area contributed by atoms with E-state index in [9.17, 15) is 14.7 Å². The van der Waals surface area contributed by atoms with E-state index >= 15 is 0 Å². The molecule has 3 rings (SSSR count). The minimum atomic E-state index is -0.433. The van der Waals surface area contributed by atoms with Crippen molar-refractivity contribution in [3.8, 4) is 5.75 Å². The van der Waals surface area contributed by atoms with Crippen molar-refractivity contribution >= 4 is 35.7 Å². The number of hydrogen-bond donors (Lipinski definition) is 3. The largest absolute Gasteiger partial charge is 0.484 e. The Morgan fingerprint density at radius 1 is 1.07 bits per heavy atom. The Morgan fingerprint density at radius 2 is 1.68 bits per heavy atom. The van der Waals surface area contributed by atoms with Gasteiger partial charge in [-0.25, -0.2) is 0 Å². The van der Waals surface area contributed by atoms with Crippen molar-refractivity contribution in [1.29, 1.82) is 0 Å². The maximum atomic E-state index is 12.4. The first-order valence-electron chi connectivity index (χ1n) is 8.71. The van der Waals surface area contributed by atoms with Gasteiger partial charge < -0.3 is 20.5 Å². The van der Waals surface area contributed by atoms with Gasteiger partial charge in [0.25, 0.3) is 5.91 Å². The molecule has 2 atom stereocenters. The summed E-state index contributed by atoms with van der Waals surface area (Å²) in [5.74, 6) is 0.155. The van der Waals surface area contributed by atoms with Gasteiger partial charge in [0.1, 0.15) is 5.75 Å². The third-order valence-electron chi connectivity index (χ3n) is 4.46. The number of aliphatic hydroxyl groups excluding tert-OH is 1. The summed E-state index contributed by atoms with van der Waals surface area (Å²) in [5.41, 5.74) is 1.08. The molecule has 0 spiro atoms. The Bertz CT molecular complexity index is 797. The van der Waals surface area contributed by atoms with E-state index in [1.165, 1.54) is 0 Å². The van der Waals surface area contributed by atoms with Crippen LogP contribution in [0, 0.1) is 5.92 Å². The molecule has 3 N–H and O–H groups in total. The predicted octanol–water partition coefficient (Wildman–Crippen LogP) is 2.07. The summed E-state index contributed by atoms with van der Waals surface area (Å²) >= 11 is 5.83. The Morgan fingerprint density at radius 3 is 2.25 bits per heavy atom. The average Bonchev–Trinajstić information content (AvgIpc) is 3.10. The molecule has 0 bridgehead atoms. The molecule has 6 nitrogen and oxygen atoms in total. The van der Waals surface area contributed by atoms with E-state index in [2.05, 4.69) is 10.6 Å². The van der Waals surface area contributed by atoms with E-state index < -0.39 is 6.10 Å². The summed E-state index contributed by atoms with van der Waals surface area (Å²) in [7, 11) is 0. The van der Waals surface area contributed by atoms with Gasteiger partial charge in [-0.1, -0.05) is 11.6 Å². The van der Waals surface area contributed by atoms with Crippen LogP contribution in [-0.4, -0.2) is 49.1 Å². The van der Waals surface area contributed by atoms with Crippen molar-refractivity contribution in [3.63, 3.8) is 0 Å². The number of β-amino-alcohol motifs (C(OH)–C–C–N with tert-alkyl or cyclic N) is 1. The number of hydrogen-bond acceptors (Lipinski definition) is 5. The van der Waals surface area contributed by atoms with Crippen molar-refractivity contribution in [3.05, 3.63) is 64.7 Å². The van der Waals surface area contributed by atoms with E-state index in [0.717, 1.165) is 0 Å². The minimum Gasteiger partial charge on any atom is -0.484 e. The van der Waals surface area contributed by atoms with Gasteiger partial charge in [0.15, 0.2) is 12.4 Å². The number of ether oxygens (including phenoxy) is 1. The molecule has 0 aromatic heterocycles. The fraction of sp³-hybridized carbons (Fsp3) is 0.300. The molecule has 0 aliphatic carbocycles. The summed E-state index contributed by atoms with van der Waals surface area (Å²) in [4.78, 5) is 24.3. The summed E-state index contributed by atoms with van der Waals surface area (Å²) < 4.78 is 5.45. The van der Waals surface area contributed by atoms with Crippen LogP contribution < -0.4 is 15.4 Å². The molecule has 1 fully saturated rings. The summed E-state index contributed by atoms with van der Waals surface area (Å²) in [6.45, 7) is 1.52. The average molecular weight is 425 g/mol. The van der Waals surface area contributed by atoms with E-state index in [-0.39, 0.29) is 36.6 Å². The standard InChI is InChI=1S/C20H21ClN2O4.ClH/c21-16-5-1-13(2-6-16)20(26)14-3-7-17(8-4-14)27-12-19(25)23-10-15-9-22-11-18(15)24;/h1-8,15,18,22,24H,9-12H2,(H,23,25);1H. The molecule has 2 aromatic carbocycles. The van der Waals surface area contributed by atoms with Gasteiger partial charge in [0, 0.05) is 41.7 Å². The second kappa shape index (κ2) is 10.4. The summed E-state index contributed by atoms with van der Waals surface area (Å²) in [5, 5.41) is 16.1. The number of aliphatic hydroxyl groups is 1. The van der Waals surface area contributed by atoms with Gasteiger partial charge >= 0.3 is 0 Å². The number of nitrogens with one attached hydrogen (secondary N) is 2. The van der Waals surface area contributed by atoms with Crippen LogP contribution in [0.3, 0.4) is 0 Å². The number of carbonyl (C=O) groups excluding carboxylic acids is 2. The van der Waals surface area contributed by atoms with Crippen molar-refractivity contribution in [2.24, 2.45) is 5.92 Å². The third kappa shape index (κ3) is 5.94. The van der Waals surface area contributed by atoms with Crippen LogP contribution in [0.5, 0.6) is 5.75 Å². The molecule has 8 heteroatoms. The van der Waals surface area contributed by atoms with E-state index in [0.29, 0.717) is 41.5 Å². The number of benzene rings is 2. The third-order valence-corrected chi connectivity index (χ3v) is 4.71. The molecule has 2 aromatic rings.